The van der Waals surface area contributed by atoms with Gasteiger partial charge in [0.2, 0.25) is 0 Å². The normalized spacial score (nSPS) is 22.8. The average Bonchev–Trinajstić information content (AvgIpc) is 3.15. The number of carboxylic acid groups (broad SMARTS) is 1. The van der Waals surface area contributed by atoms with Crippen molar-refractivity contribution >= 4 is 11.9 Å². The van der Waals surface area contributed by atoms with E-state index in [9.17, 15) is 23.6 Å². The molecule has 1 saturated carbocycles. The lowest BCUT2D eigenvalue weighted by atomic mass is 9.74. The Hall–Kier alpha value is -2.93. The van der Waals surface area contributed by atoms with Crippen molar-refractivity contribution in [3.8, 4) is 17.6 Å². The van der Waals surface area contributed by atoms with Gasteiger partial charge in [-0.25, -0.2) is 0 Å². The van der Waals surface area contributed by atoms with E-state index in [0.29, 0.717) is 50.8 Å². The molecule has 0 unspecified atom stereocenters. The Balaban J connectivity index is 1.80. The van der Waals surface area contributed by atoms with Crippen molar-refractivity contribution in [3.05, 3.63) is 23.8 Å². The van der Waals surface area contributed by atoms with Crippen LogP contribution in [0.15, 0.2) is 18.2 Å². The molecule has 1 aromatic rings. The molecule has 2 aliphatic rings. The van der Waals surface area contributed by atoms with Crippen molar-refractivity contribution in [3.63, 3.8) is 0 Å². The van der Waals surface area contributed by atoms with Crippen LogP contribution in [-0.4, -0.2) is 60.4 Å². The van der Waals surface area contributed by atoms with Gasteiger partial charge < -0.3 is 19.3 Å². The molecule has 0 bridgehead atoms. The number of benzene rings is 1. The fraction of sp³-hybridized carbons (Fsp3) is 0.591. The first-order valence-corrected chi connectivity index (χ1v) is 10.5. The first-order valence-electron chi connectivity index (χ1n) is 10.5. The highest BCUT2D eigenvalue weighted by atomic mass is 19.3. The maximum Gasteiger partial charge on any atom is 0.387 e. The second-order valence-electron chi connectivity index (χ2n) is 8.19. The van der Waals surface area contributed by atoms with Crippen LogP contribution in [0.3, 0.4) is 0 Å². The van der Waals surface area contributed by atoms with E-state index in [4.69, 9.17) is 14.6 Å². The van der Waals surface area contributed by atoms with Crippen molar-refractivity contribution in [2.75, 3.05) is 19.6 Å². The molecule has 1 N–H and O–H groups in total. The van der Waals surface area contributed by atoms with Gasteiger partial charge in [-0.2, -0.15) is 14.0 Å². The monoisotopic (exact) mass is 452 g/mol. The van der Waals surface area contributed by atoms with Crippen molar-refractivity contribution in [1.29, 1.82) is 5.26 Å². The minimum absolute atomic E-state index is 0.0950. The largest absolute Gasteiger partial charge is 0.486 e. The lowest BCUT2D eigenvalue weighted by molar-refractivity contribution is -0.146. The zero-order valence-corrected chi connectivity index (χ0v) is 17.8. The van der Waals surface area contributed by atoms with Gasteiger partial charge in [-0.15, -0.1) is 0 Å². The molecule has 10 heteroatoms. The highest BCUT2D eigenvalue weighted by Gasteiger charge is 2.38. The summed E-state index contributed by atoms with van der Waals surface area (Å²) in [5, 5.41) is 18.9. The molecule has 1 saturated heterocycles. The molecule has 32 heavy (non-hydrogen) atoms. The Morgan fingerprint density at radius 3 is 2.53 bits per heavy atom. The van der Waals surface area contributed by atoms with E-state index in [1.165, 1.54) is 13.0 Å². The van der Waals surface area contributed by atoms with Gasteiger partial charge in [0.1, 0.15) is 12.2 Å². The van der Waals surface area contributed by atoms with Crippen LogP contribution in [0, 0.1) is 11.3 Å². The van der Waals surface area contributed by atoms with E-state index >= 15 is 0 Å². The number of alkyl halides is 2. The van der Waals surface area contributed by atoms with Crippen molar-refractivity contribution in [2.24, 2.45) is 0 Å². The van der Waals surface area contributed by atoms with Gasteiger partial charge in [-0.1, -0.05) is 6.07 Å². The predicted octanol–water partition coefficient (Wildman–Crippen LogP) is 3.09. The number of likely N-dealkylation sites (tertiary alicyclic amines) is 1. The Labute approximate surface area is 184 Å². The van der Waals surface area contributed by atoms with Gasteiger partial charge in [0.05, 0.1) is 18.0 Å². The Kier molecular flexibility index (Phi) is 7.51. The fourth-order valence-electron chi connectivity index (χ4n) is 4.37. The number of carbonyl (C=O) groups excluding carboxylic acids is 1. The quantitative estimate of drug-likeness (QED) is 0.600. The minimum atomic E-state index is -3.04. The Morgan fingerprint density at radius 1 is 1.25 bits per heavy atom. The van der Waals surface area contributed by atoms with E-state index in [-0.39, 0.29) is 36.2 Å². The molecular formula is C22H26F2N2O6. The minimum Gasteiger partial charge on any atom is -0.486 e. The van der Waals surface area contributed by atoms with Crippen LogP contribution in [0.1, 0.15) is 44.6 Å². The number of halogens is 2. The molecule has 1 aliphatic heterocycles. The highest BCUT2D eigenvalue weighted by Crippen LogP contribution is 2.41. The number of carbonyl (C=O) groups is 2. The van der Waals surface area contributed by atoms with Crippen molar-refractivity contribution in [2.45, 2.75) is 63.3 Å². The van der Waals surface area contributed by atoms with Crippen LogP contribution in [0.5, 0.6) is 11.5 Å². The van der Waals surface area contributed by atoms with Crippen molar-refractivity contribution in [1.82, 2.24) is 4.90 Å². The van der Waals surface area contributed by atoms with E-state index in [1.54, 1.807) is 17.0 Å². The summed E-state index contributed by atoms with van der Waals surface area (Å²) in [5.74, 6) is -1.33. The molecule has 0 radical (unpaired) electrons. The molecule has 174 valence electrons. The molecule has 0 aromatic heterocycles. The molecule has 2 atom stereocenters. The smallest absolute Gasteiger partial charge is 0.387 e. The van der Waals surface area contributed by atoms with Crippen LogP contribution in [0.4, 0.5) is 8.78 Å². The summed E-state index contributed by atoms with van der Waals surface area (Å²) in [7, 11) is 0. The molecule has 0 spiro atoms. The number of esters is 1. The Bertz CT molecular complexity index is 880. The molecule has 3 rings (SSSR count). The second-order valence-corrected chi connectivity index (χ2v) is 8.19. The lowest BCUT2D eigenvalue weighted by Crippen LogP contribution is -2.43. The van der Waals surface area contributed by atoms with Gasteiger partial charge in [0, 0.05) is 26.4 Å². The zero-order valence-electron chi connectivity index (χ0n) is 17.8. The summed E-state index contributed by atoms with van der Waals surface area (Å²) < 4.78 is 41.6. The standard InChI is InChI=1S/C22H26F2N2O6/c1-14(27)30-16-3-4-17(11-16)31-19-10-15(2-5-18(19)32-21(23)24)22(13-25)6-8-26(9-7-22)12-20(28)29/h2,5,10,16-17,21H,3-4,6-9,11-12H2,1H3,(H,28,29)/t16-,17-/m0/s1. The van der Waals surface area contributed by atoms with Gasteiger partial charge in [-0.05, 0) is 43.4 Å². The summed E-state index contributed by atoms with van der Waals surface area (Å²) in [4.78, 5) is 23.9. The summed E-state index contributed by atoms with van der Waals surface area (Å²) in [5.41, 5.74) is -0.270. The van der Waals surface area contributed by atoms with Crippen LogP contribution in [0.25, 0.3) is 0 Å². The fourth-order valence-corrected chi connectivity index (χ4v) is 4.37. The molecule has 1 aromatic carbocycles. The van der Waals surface area contributed by atoms with Gasteiger partial charge in [0.15, 0.2) is 11.5 Å². The number of hydrogen-bond acceptors (Lipinski definition) is 7. The molecular weight excluding hydrogens is 426 g/mol. The topological polar surface area (TPSA) is 109 Å². The lowest BCUT2D eigenvalue weighted by Gasteiger charge is -2.37. The van der Waals surface area contributed by atoms with Crippen LogP contribution in [-0.2, 0) is 19.7 Å². The number of hydrogen-bond donors (Lipinski definition) is 1. The SMILES string of the molecule is CC(=O)O[C@H]1CC[C@H](Oc2cc(C3(C#N)CCN(CC(=O)O)CC3)ccc2OC(F)F)C1. The third-order valence-electron chi connectivity index (χ3n) is 5.96. The number of aliphatic carboxylic acids is 1. The van der Waals surface area contributed by atoms with Gasteiger partial charge in [-0.3, -0.25) is 14.5 Å². The highest BCUT2D eigenvalue weighted by molar-refractivity contribution is 5.69. The van der Waals surface area contributed by atoms with Crippen LogP contribution in [0.2, 0.25) is 0 Å². The van der Waals surface area contributed by atoms with E-state index in [1.807, 2.05) is 0 Å². The molecule has 0 amide bonds. The number of carboxylic acids is 1. The number of nitriles is 1. The second kappa shape index (κ2) is 10.1. The summed E-state index contributed by atoms with van der Waals surface area (Å²) in [6.07, 6.45) is 1.81. The number of ether oxygens (including phenoxy) is 3. The van der Waals surface area contributed by atoms with E-state index in [0.717, 1.165) is 0 Å². The summed E-state index contributed by atoms with van der Waals surface area (Å²) in [6, 6.07) is 6.86. The summed E-state index contributed by atoms with van der Waals surface area (Å²) >= 11 is 0. The maximum atomic E-state index is 12.9. The predicted molar refractivity (Wildman–Crippen MR) is 107 cm³/mol. The van der Waals surface area contributed by atoms with Gasteiger partial charge >= 0.3 is 18.6 Å². The van der Waals surface area contributed by atoms with Crippen LogP contribution >= 0.6 is 0 Å². The first-order chi connectivity index (χ1) is 15.2. The molecule has 8 nitrogen and oxygen atoms in total. The third kappa shape index (κ3) is 5.85. The number of rotatable bonds is 8. The van der Waals surface area contributed by atoms with Crippen molar-refractivity contribution < 1.29 is 37.7 Å². The van der Waals surface area contributed by atoms with E-state index in [2.05, 4.69) is 10.8 Å². The zero-order chi connectivity index (χ0) is 23.3. The maximum absolute atomic E-state index is 12.9. The average molecular weight is 452 g/mol. The third-order valence-corrected chi connectivity index (χ3v) is 5.96. The summed E-state index contributed by atoms with van der Waals surface area (Å²) in [6.45, 7) is -0.946. The van der Waals surface area contributed by atoms with Crippen LogP contribution < -0.4 is 9.47 Å². The van der Waals surface area contributed by atoms with Gasteiger partial charge in [0.25, 0.3) is 0 Å². The number of piperidine rings is 1. The Morgan fingerprint density at radius 2 is 1.94 bits per heavy atom. The molecule has 2 fully saturated rings. The molecule has 1 aliphatic carbocycles. The van der Waals surface area contributed by atoms with E-state index < -0.39 is 18.0 Å². The first kappa shape index (κ1) is 23.7. The molecule has 1 heterocycles. The number of nitrogens with zero attached hydrogens (tertiary/aromatic N) is 2.